The molecule has 0 atom stereocenters. The number of hydrogen-bond donors (Lipinski definition) is 1. The Labute approximate surface area is 77.1 Å². The number of hydrogen-bond acceptors (Lipinski definition) is 4. The summed E-state index contributed by atoms with van der Waals surface area (Å²) in [5.74, 6) is -1.02. The Morgan fingerprint density at radius 2 is 2.00 bits per heavy atom. The summed E-state index contributed by atoms with van der Waals surface area (Å²) in [6, 6.07) is 0. The van der Waals surface area contributed by atoms with Crippen LogP contribution in [-0.2, 0) is 19.6 Å². The third-order valence-corrected chi connectivity index (χ3v) is 1.88. The SMILES string of the molecule is C=C(C(=O)OCC(C)C)S(=O)(=O)O. The van der Waals surface area contributed by atoms with Crippen LogP contribution in [0.5, 0.6) is 0 Å². The van der Waals surface area contributed by atoms with Crippen molar-refractivity contribution in [1.29, 1.82) is 0 Å². The molecule has 0 heterocycles. The Morgan fingerprint density at radius 3 is 2.31 bits per heavy atom. The highest BCUT2D eigenvalue weighted by Gasteiger charge is 2.21. The average Bonchev–Trinajstić information content (AvgIpc) is 1.96. The smallest absolute Gasteiger partial charge is 0.351 e. The summed E-state index contributed by atoms with van der Waals surface area (Å²) in [6.07, 6.45) is 0. The number of carbonyl (C=O) groups is 1. The molecule has 0 spiro atoms. The first-order valence-electron chi connectivity index (χ1n) is 3.58. The van der Waals surface area contributed by atoms with Crippen LogP contribution >= 0.6 is 0 Å². The number of rotatable bonds is 4. The van der Waals surface area contributed by atoms with Crippen molar-refractivity contribution in [3.63, 3.8) is 0 Å². The fraction of sp³-hybridized carbons (Fsp3) is 0.571. The minimum absolute atomic E-state index is 0.0906. The molecule has 0 radical (unpaired) electrons. The standard InChI is InChI=1S/C7H12O5S/c1-5(2)4-12-7(8)6(3)13(9,10)11/h5H,3-4H2,1-2H3,(H,9,10,11). The second kappa shape index (κ2) is 4.38. The molecule has 0 aliphatic rings. The Hall–Kier alpha value is -0.880. The topological polar surface area (TPSA) is 80.7 Å². The van der Waals surface area contributed by atoms with Gasteiger partial charge in [0.15, 0.2) is 4.91 Å². The molecule has 0 bridgehead atoms. The lowest BCUT2D eigenvalue weighted by Gasteiger charge is -2.06. The minimum atomic E-state index is -4.52. The van der Waals surface area contributed by atoms with Crippen LogP contribution in [0, 0.1) is 5.92 Å². The number of esters is 1. The predicted molar refractivity (Wildman–Crippen MR) is 46.5 cm³/mol. The molecule has 5 nitrogen and oxygen atoms in total. The largest absolute Gasteiger partial charge is 0.461 e. The van der Waals surface area contributed by atoms with E-state index in [-0.39, 0.29) is 12.5 Å². The first-order valence-corrected chi connectivity index (χ1v) is 5.02. The van der Waals surface area contributed by atoms with Gasteiger partial charge in [0.25, 0.3) is 0 Å². The third kappa shape index (κ3) is 4.64. The van der Waals surface area contributed by atoms with E-state index in [2.05, 4.69) is 11.3 Å². The molecule has 0 saturated carbocycles. The normalized spacial score (nSPS) is 11.4. The van der Waals surface area contributed by atoms with E-state index in [4.69, 9.17) is 4.55 Å². The van der Waals surface area contributed by atoms with E-state index in [0.29, 0.717) is 0 Å². The molecule has 0 aromatic rings. The van der Waals surface area contributed by atoms with Crippen LogP contribution in [0.1, 0.15) is 13.8 Å². The molecule has 0 amide bonds. The fourth-order valence-corrected chi connectivity index (χ4v) is 0.698. The zero-order valence-electron chi connectivity index (χ0n) is 7.48. The van der Waals surface area contributed by atoms with Crippen molar-refractivity contribution < 1.29 is 22.5 Å². The fourth-order valence-electron chi connectivity index (χ4n) is 0.428. The molecular formula is C7H12O5S. The second-order valence-electron chi connectivity index (χ2n) is 2.89. The number of carbonyl (C=O) groups excluding carboxylic acids is 1. The summed E-state index contributed by atoms with van der Waals surface area (Å²) in [5, 5.41) is 0. The van der Waals surface area contributed by atoms with Crippen molar-refractivity contribution in [2.45, 2.75) is 13.8 Å². The molecular weight excluding hydrogens is 196 g/mol. The Morgan fingerprint density at radius 1 is 1.54 bits per heavy atom. The summed E-state index contributed by atoms with van der Waals surface area (Å²) in [7, 11) is -4.52. The molecule has 0 aromatic heterocycles. The molecule has 0 unspecified atom stereocenters. The summed E-state index contributed by atoms with van der Waals surface area (Å²) in [6.45, 7) is 6.57. The molecule has 0 aromatic carbocycles. The monoisotopic (exact) mass is 208 g/mol. The average molecular weight is 208 g/mol. The molecule has 76 valence electrons. The van der Waals surface area contributed by atoms with Crippen molar-refractivity contribution in [2.75, 3.05) is 6.61 Å². The van der Waals surface area contributed by atoms with Gasteiger partial charge in [-0.2, -0.15) is 8.42 Å². The number of ether oxygens (including phenoxy) is 1. The van der Waals surface area contributed by atoms with Crippen LogP contribution in [0.2, 0.25) is 0 Å². The van der Waals surface area contributed by atoms with E-state index in [1.807, 2.05) is 0 Å². The van der Waals surface area contributed by atoms with Crippen molar-refractivity contribution >= 4 is 16.1 Å². The first-order chi connectivity index (χ1) is 5.75. The zero-order valence-corrected chi connectivity index (χ0v) is 8.30. The van der Waals surface area contributed by atoms with Crippen LogP contribution < -0.4 is 0 Å². The van der Waals surface area contributed by atoms with Gasteiger partial charge in [-0.25, -0.2) is 4.79 Å². The second-order valence-corrected chi connectivity index (χ2v) is 4.33. The zero-order chi connectivity index (χ0) is 10.6. The van der Waals surface area contributed by atoms with Gasteiger partial charge in [-0.3, -0.25) is 4.55 Å². The molecule has 0 aliphatic heterocycles. The van der Waals surface area contributed by atoms with Crippen LogP contribution in [0.3, 0.4) is 0 Å². The predicted octanol–water partition coefficient (Wildman–Crippen LogP) is 0.587. The van der Waals surface area contributed by atoms with E-state index in [1.165, 1.54) is 0 Å². The highest BCUT2D eigenvalue weighted by atomic mass is 32.2. The highest BCUT2D eigenvalue weighted by Crippen LogP contribution is 2.04. The van der Waals surface area contributed by atoms with E-state index < -0.39 is 21.0 Å². The van der Waals surface area contributed by atoms with E-state index in [1.54, 1.807) is 13.8 Å². The van der Waals surface area contributed by atoms with Gasteiger partial charge < -0.3 is 4.74 Å². The highest BCUT2D eigenvalue weighted by molar-refractivity contribution is 7.90. The van der Waals surface area contributed by atoms with Crippen LogP contribution in [0.15, 0.2) is 11.5 Å². The van der Waals surface area contributed by atoms with Gasteiger partial charge in [0, 0.05) is 0 Å². The van der Waals surface area contributed by atoms with Gasteiger partial charge in [0.1, 0.15) is 0 Å². The summed E-state index contributed by atoms with van der Waals surface area (Å²) in [4.78, 5) is 9.90. The van der Waals surface area contributed by atoms with Crippen molar-refractivity contribution in [1.82, 2.24) is 0 Å². The summed E-state index contributed by atoms with van der Waals surface area (Å²) >= 11 is 0. The molecule has 0 aliphatic carbocycles. The lowest BCUT2D eigenvalue weighted by molar-refractivity contribution is -0.139. The maximum Gasteiger partial charge on any atom is 0.351 e. The van der Waals surface area contributed by atoms with Crippen LogP contribution in [-0.4, -0.2) is 25.5 Å². The van der Waals surface area contributed by atoms with Crippen molar-refractivity contribution in [3.8, 4) is 0 Å². The molecule has 13 heavy (non-hydrogen) atoms. The Kier molecular flexibility index (Phi) is 4.09. The van der Waals surface area contributed by atoms with Crippen molar-refractivity contribution in [3.05, 3.63) is 11.5 Å². The summed E-state index contributed by atoms with van der Waals surface area (Å²) in [5.41, 5.74) is 0. The van der Waals surface area contributed by atoms with Gasteiger partial charge in [-0.15, -0.1) is 0 Å². The van der Waals surface area contributed by atoms with Gasteiger partial charge in [0.2, 0.25) is 0 Å². The molecule has 0 rings (SSSR count). The first kappa shape index (κ1) is 12.1. The lowest BCUT2D eigenvalue weighted by atomic mass is 10.2. The van der Waals surface area contributed by atoms with Gasteiger partial charge >= 0.3 is 16.1 Å². The Balaban J connectivity index is 4.23. The Bertz CT molecular complexity index is 301. The molecule has 0 fully saturated rings. The molecule has 1 N–H and O–H groups in total. The van der Waals surface area contributed by atoms with E-state index >= 15 is 0 Å². The molecule has 0 saturated heterocycles. The van der Waals surface area contributed by atoms with Crippen LogP contribution in [0.4, 0.5) is 0 Å². The third-order valence-electron chi connectivity index (χ3n) is 1.09. The van der Waals surface area contributed by atoms with Crippen LogP contribution in [0.25, 0.3) is 0 Å². The quantitative estimate of drug-likeness (QED) is 0.415. The summed E-state index contributed by atoms with van der Waals surface area (Å²) < 4.78 is 33.7. The maximum absolute atomic E-state index is 10.8. The molecule has 6 heteroatoms. The van der Waals surface area contributed by atoms with Gasteiger partial charge in [-0.05, 0) is 5.92 Å². The minimum Gasteiger partial charge on any atom is -0.461 e. The van der Waals surface area contributed by atoms with Gasteiger partial charge in [0.05, 0.1) is 6.61 Å². The van der Waals surface area contributed by atoms with Crippen molar-refractivity contribution in [2.24, 2.45) is 5.92 Å². The van der Waals surface area contributed by atoms with E-state index in [9.17, 15) is 13.2 Å². The van der Waals surface area contributed by atoms with Gasteiger partial charge in [-0.1, -0.05) is 20.4 Å². The van der Waals surface area contributed by atoms with E-state index in [0.717, 1.165) is 0 Å². The lowest BCUT2D eigenvalue weighted by Crippen LogP contribution is -2.16. The maximum atomic E-state index is 10.8.